The maximum Gasteiger partial charge on any atom is 0.0475 e. The van der Waals surface area contributed by atoms with Gasteiger partial charge in [-0.15, -0.1) is 0 Å². The van der Waals surface area contributed by atoms with Crippen LogP contribution in [-0.4, -0.2) is 24.5 Å². The molecule has 2 nitrogen and oxygen atoms in total. The van der Waals surface area contributed by atoms with Crippen LogP contribution in [0.15, 0.2) is 12.1 Å². The van der Waals surface area contributed by atoms with Gasteiger partial charge in [0.05, 0.1) is 0 Å². The summed E-state index contributed by atoms with van der Waals surface area (Å²) in [6, 6.07) is 5.67. The molecule has 0 amide bonds. The van der Waals surface area contributed by atoms with Crippen LogP contribution in [0.3, 0.4) is 0 Å². The molecule has 1 aliphatic carbocycles. The van der Waals surface area contributed by atoms with Gasteiger partial charge in [0, 0.05) is 18.6 Å². The number of nitrogens with two attached hydrogens (primary N) is 1. The third kappa shape index (κ3) is 2.53. The van der Waals surface area contributed by atoms with Gasteiger partial charge < -0.3 is 5.73 Å². The Morgan fingerprint density at radius 2 is 1.76 bits per heavy atom. The Bertz CT molecular complexity index is 384. The molecule has 2 rings (SSSR count). The molecule has 2 N–H and O–H groups in total. The molecule has 0 bridgehead atoms. The van der Waals surface area contributed by atoms with Gasteiger partial charge in [0.15, 0.2) is 0 Å². The van der Waals surface area contributed by atoms with Crippen molar-refractivity contribution in [2.24, 2.45) is 5.73 Å². The zero-order valence-corrected chi connectivity index (χ0v) is 11.5. The van der Waals surface area contributed by atoms with Gasteiger partial charge in [0.2, 0.25) is 0 Å². The molecular formula is C15H24N2. The Hall–Kier alpha value is -0.860. The van der Waals surface area contributed by atoms with Gasteiger partial charge in [-0.05, 0) is 57.4 Å². The Labute approximate surface area is 105 Å². The molecule has 2 heteroatoms. The smallest absolute Gasteiger partial charge is 0.0475 e. The maximum atomic E-state index is 6.01. The minimum absolute atomic E-state index is 0.378. The second kappa shape index (κ2) is 4.79. The summed E-state index contributed by atoms with van der Waals surface area (Å²) < 4.78 is 0. The van der Waals surface area contributed by atoms with Crippen LogP contribution < -0.4 is 5.73 Å². The number of benzene rings is 1. The van der Waals surface area contributed by atoms with E-state index in [0.717, 1.165) is 6.04 Å². The summed E-state index contributed by atoms with van der Waals surface area (Å²) in [7, 11) is 2.22. The van der Waals surface area contributed by atoms with E-state index in [1.54, 1.807) is 0 Å². The fraction of sp³-hybridized carbons (Fsp3) is 0.600. The number of hydrogen-bond donors (Lipinski definition) is 1. The Morgan fingerprint density at radius 3 is 2.18 bits per heavy atom. The minimum atomic E-state index is 0.378. The first-order chi connectivity index (χ1) is 8.04. The molecule has 94 valence electrons. The predicted octanol–water partition coefficient (Wildman–Crippen LogP) is 2.71. The molecule has 17 heavy (non-hydrogen) atoms. The molecule has 1 saturated carbocycles. The van der Waals surface area contributed by atoms with E-state index in [0.29, 0.717) is 12.6 Å². The van der Waals surface area contributed by atoms with Gasteiger partial charge in [-0.25, -0.2) is 0 Å². The summed E-state index contributed by atoms with van der Waals surface area (Å²) in [6.45, 7) is 7.28. The first-order valence-electron chi connectivity index (χ1n) is 6.54. The van der Waals surface area contributed by atoms with E-state index < -0.39 is 0 Å². The molecule has 1 aliphatic rings. The van der Waals surface area contributed by atoms with Gasteiger partial charge in [-0.2, -0.15) is 0 Å². The first-order valence-corrected chi connectivity index (χ1v) is 6.54. The zero-order valence-electron chi connectivity index (χ0n) is 11.5. The Balaban J connectivity index is 2.35. The van der Waals surface area contributed by atoms with Crippen molar-refractivity contribution in [1.29, 1.82) is 0 Å². The largest absolute Gasteiger partial charge is 0.329 e. The number of nitrogens with zero attached hydrogens (tertiary/aromatic N) is 1. The lowest BCUT2D eigenvalue weighted by molar-refractivity contribution is 0.238. The molecule has 0 heterocycles. The normalized spacial score (nSPS) is 17.5. The third-order valence-electron chi connectivity index (χ3n) is 3.91. The highest BCUT2D eigenvalue weighted by Gasteiger charge is 2.32. The van der Waals surface area contributed by atoms with Crippen molar-refractivity contribution in [3.63, 3.8) is 0 Å². The molecule has 0 saturated heterocycles. The Morgan fingerprint density at radius 1 is 1.24 bits per heavy atom. The van der Waals surface area contributed by atoms with Crippen LogP contribution in [0.1, 0.15) is 41.1 Å². The molecule has 1 unspecified atom stereocenters. The molecule has 1 aromatic rings. The standard InChI is InChI=1S/C15H24N2/c1-10-7-11(2)15(12(3)8-10)14(9-16)17(4)13-5-6-13/h7-8,13-14H,5-6,9,16H2,1-4H3. The second-order valence-corrected chi connectivity index (χ2v) is 5.46. The van der Waals surface area contributed by atoms with Crippen molar-refractivity contribution >= 4 is 0 Å². The van der Waals surface area contributed by atoms with Gasteiger partial charge in [0.25, 0.3) is 0 Å². The highest BCUT2D eigenvalue weighted by atomic mass is 15.2. The fourth-order valence-corrected chi connectivity index (χ4v) is 2.94. The third-order valence-corrected chi connectivity index (χ3v) is 3.91. The van der Waals surface area contributed by atoms with Crippen LogP contribution in [-0.2, 0) is 0 Å². The van der Waals surface area contributed by atoms with E-state index in [-0.39, 0.29) is 0 Å². The van der Waals surface area contributed by atoms with Crippen molar-refractivity contribution in [3.05, 3.63) is 34.4 Å². The summed E-state index contributed by atoms with van der Waals surface area (Å²) >= 11 is 0. The summed E-state index contributed by atoms with van der Waals surface area (Å²) in [6.07, 6.45) is 2.66. The predicted molar refractivity (Wildman–Crippen MR) is 73.2 cm³/mol. The van der Waals surface area contributed by atoms with E-state index >= 15 is 0 Å². The molecule has 0 aliphatic heterocycles. The highest BCUT2D eigenvalue weighted by molar-refractivity contribution is 5.40. The summed E-state index contributed by atoms with van der Waals surface area (Å²) in [5.41, 5.74) is 11.5. The summed E-state index contributed by atoms with van der Waals surface area (Å²) in [5, 5.41) is 0. The highest BCUT2D eigenvalue weighted by Crippen LogP contribution is 2.34. The van der Waals surface area contributed by atoms with Crippen LogP contribution in [0.5, 0.6) is 0 Å². The van der Waals surface area contributed by atoms with Crippen molar-refractivity contribution in [2.45, 2.75) is 45.7 Å². The second-order valence-electron chi connectivity index (χ2n) is 5.46. The van der Waals surface area contributed by atoms with Crippen LogP contribution in [0.25, 0.3) is 0 Å². The summed E-state index contributed by atoms with van der Waals surface area (Å²) in [4.78, 5) is 2.46. The quantitative estimate of drug-likeness (QED) is 0.865. The topological polar surface area (TPSA) is 29.3 Å². The molecule has 1 fully saturated rings. The lowest BCUT2D eigenvalue weighted by Gasteiger charge is -2.30. The average molecular weight is 232 g/mol. The SMILES string of the molecule is Cc1cc(C)c(C(CN)N(C)C2CC2)c(C)c1. The number of hydrogen-bond acceptors (Lipinski definition) is 2. The minimum Gasteiger partial charge on any atom is -0.329 e. The van der Waals surface area contributed by atoms with Crippen molar-refractivity contribution in [1.82, 2.24) is 4.90 Å². The van der Waals surface area contributed by atoms with Crippen molar-refractivity contribution in [2.75, 3.05) is 13.6 Å². The van der Waals surface area contributed by atoms with Crippen LogP contribution >= 0.6 is 0 Å². The molecule has 1 atom stereocenters. The number of likely N-dealkylation sites (N-methyl/N-ethyl adjacent to an activating group) is 1. The van der Waals surface area contributed by atoms with E-state index in [4.69, 9.17) is 5.73 Å². The van der Waals surface area contributed by atoms with Crippen molar-refractivity contribution < 1.29 is 0 Å². The van der Waals surface area contributed by atoms with Gasteiger partial charge >= 0.3 is 0 Å². The molecular weight excluding hydrogens is 208 g/mol. The van der Waals surface area contributed by atoms with Crippen LogP contribution in [0.4, 0.5) is 0 Å². The van der Waals surface area contributed by atoms with Crippen LogP contribution in [0.2, 0.25) is 0 Å². The van der Waals surface area contributed by atoms with E-state index in [2.05, 4.69) is 44.9 Å². The van der Waals surface area contributed by atoms with E-state index in [1.165, 1.54) is 35.1 Å². The lowest BCUT2D eigenvalue weighted by Crippen LogP contribution is -2.33. The monoisotopic (exact) mass is 232 g/mol. The van der Waals surface area contributed by atoms with Gasteiger partial charge in [-0.1, -0.05) is 17.7 Å². The van der Waals surface area contributed by atoms with E-state index in [1.807, 2.05) is 0 Å². The maximum absolute atomic E-state index is 6.01. The molecule has 0 spiro atoms. The number of aryl methyl sites for hydroxylation is 3. The molecule has 0 aromatic heterocycles. The average Bonchev–Trinajstić information content (AvgIpc) is 3.05. The van der Waals surface area contributed by atoms with Gasteiger partial charge in [0.1, 0.15) is 0 Å². The lowest BCUT2D eigenvalue weighted by atomic mass is 9.93. The Kier molecular flexibility index (Phi) is 3.55. The number of rotatable bonds is 4. The molecule has 0 radical (unpaired) electrons. The molecule has 1 aromatic carbocycles. The van der Waals surface area contributed by atoms with Crippen molar-refractivity contribution in [3.8, 4) is 0 Å². The zero-order chi connectivity index (χ0) is 12.6. The van der Waals surface area contributed by atoms with Crippen LogP contribution in [0, 0.1) is 20.8 Å². The van der Waals surface area contributed by atoms with E-state index in [9.17, 15) is 0 Å². The summed E-state index contributed by atoms with van der Waals surface area (Å²) in [5.74, 6) is 0. The fourth-order valence-electron chi connectivity index (χ4n) is 2.94. The first kappa shape index (κ1) is 12.6. The van der Waals surface area contributed by atoms with Gasteiger partial charge in [-0.3, -0.25) is 4.90 Å².